The van der Waals surface area contributed by atoms with E-state index >= 15 is 0 Å². The fraction of sp³-hybridized carbons (Fsp3) is 1.00. The summed E-state index contributed by atoms with van der Waals surface area (Å²) in [5.41, 5.74) is 5.87. The van der Waals surface area contributed by atoms with Crippen LogP contribution >= 0.6 is 11.8 Å². The van der Waals surface area contributed by atoms with Gasteiger partial charge in [-0.3, -0.25) is 0 Å². The monoisotopic (exact) mass is 188 g/mol. The molecule has 1 saturated heterocycles. The molecule has 1 fully saturated rings. The topological polar surface area (TPSA) is 38.0 Å². The zero-order valence-corrected chi connectivity index (χ0v) is 8.91. The molecule has 0 saturated carbocycles. The van der Waals surface area contributed by atoms with E-state index < -0.39 is 0 Å². The molecule has 0 unspecified atom stereocenters. The Bertz CT molecular complexity index is 125. The quantitative estimate of drug-likeness (QED) is 0.696. The molecule has 0 aromatic rings. The first kappa shape index (κ1) is 10.4. The minimum atomic E-state index is -0.0106. The Balaban J connectivity index is 2.02. The fourth-order valence-electron chi connectivity index (χ4n) is 1.36. The Morgan fingerprint density at radius 1 is 1.58 bits per heavy atom. The van der Waals surface area contributed by atoms with Crippen LogP contribution in [-0.2, 0) is 0 Å². The highest BCUT2D eigenvalue weighted by molar-refractivity contribution is 7.99. The summed E-state index contributed by atoms with van der Waals surface area (Å²) < 4.78 is 0. The Morgan fingerprint density at radius 2 is 2.33 bits per heavy atom. The van der Waals surface area contributed by atoms with Gasteiger partial charge in [-0.2, -0.15) is 11.8 Å². The number of hydrogen-bond acceptors (Lipinski definition) is 3. The van der Waals surface area contributed by atoms with Crippen LogP contribution in [0.15, 0.2) is 0 Å². The van der Waals surface area contributed by atoms with Crippen LogP contribution in [0, 0.1) is 0 Å². The lowest BCUT2D eigenvalue weighted by Gasteiger charge is -2.18. The fourth-order valence-corrected chi connectivity index (χ4v) is 2.58. The highest BCUT2D eigenvalue weighted by Gasteiger charge is 2.16. The number of thioether (sulfide) groups is 1. The van der Waals surface area contributed by atoms with Gasteiger partial charge in [-0.1, -0.05) is 0 Å². The molecule has 0 radical (unpaired) electrons. The van der Waals surface area contributed by atoms with E-state index in [1.54, 1.807) is 0 Å². The van der Waals surface area contributed by atoms with Crippen molar-refractivity contribution in [3.8, 4) is 0 Å². The van der Waals surface area contributed by atoms with Gasteiger partial charge in [-0.15, -0.1) is 0 Å². The molecule has 1 rings (SSSR count). The maximum Gasteiger partial charge on any atom is 0.0188 e. The van der Waals surface area contributed by atoms with Crippen molar-refractivity contribution in [3.05, 3.63) is 0 Å². The Labute approximate surface area is 79.7 Å². The van der Waals surface area contributed by atoms with Gasteiger partial charge < -0.3 is 11.1 Å². The van der Waals surface area contributed by atoms with Crippen LogP contribution in [0.5, 0.6) is 0 Å². The Kier molecular flexibility index (Phi) is 3.87. The van der Waals surface area contributed by atoms with Crippen LogP contribution in [0.4, 0.5) is 0 Å². The second kappa shape index (κ2) is 4.49. The molecule has 3 N–H and O–H groups in total. The van der Waals surface area contributed by atoms with E-state index in [1.807, 2.05) is 11.8 Å². The predicted molar refractivity (Wildman–Crippen MR) is 56.6 cm³/mol. The highest BCUT2D eigenvalue weighted by Crippen LogP contribution is 2.15. The molecular formula is C9H20N2S. The molecule has 0 bridgehead atoms. The number of hydrogen-bond donors (Lipinski definition) is 2. The minimum Gasteiger partial charge on any atom is -0.325 e. The normalized spacial score (nSPS) is 24.8. The van der Waals surface area contributed by atoms with Crippen molar-refractivity contribution in [3.63, 3.8) is 0 Å². The molecule has 1 aliphatic heterocycles. The second-order valence-corrected chi connectivity index (χ2v) is 5.33. The first-order valence-electron chi connectivity index (χ1n) is 4.68. The van der Waals surface area contributed by atoms with Crippen molar-refractivity contribution in [1.29, 1.82) is 0 Å². The number of nitrogens with one attached hydrogen (secondary N) is 1. The predicted octanol–water partition coefficient (Wildman–Crippen LogP) is 1.21. The van der Waals surface area contributed by atoms with Crippen LogP contribution in [0.1, 0.15) is 26.7 Å². The zero-order chi connectivity index (χ0) is 9.03. The van der Waals surface area contributed by atoms with Gasteiger partial charge in [0.15, 0.2) is 0 Å². The van der Waals surface area contributed by atoms with E-state index in [-0.39, 0.29) is 5.54 Å². The maximum absolute atomic E-state index is 5.88. The number of nitrogens with two attached hydrogens (primary N) is 1. The van der Waals surface area contributed by atoms with Gasteiger partial charge in [0.2, 0.25) is 0 Å². The highest BCUT2D eigenvalue weighted by atomic mass is 32.2. The van der Waals surface area contributed by atoms with Crippen LogP contribution in [0.25, 0.3) is 0 Å². The summed E-state index contributed by atoms with van der Waals surface area (Å²) >= 11 is 1.97. The summed E-state index contributed by atoms with van der Waals surface area (Å²) in [5, 5.41) is 3.48. The van der Waals surface area contributed by atoms with E-state index in [1.165, 1.54) is 25.1 Å². The molecule has 0 amide bonds. The van der Waals surface area contributed by atoms with Gasteiger partial charge in [0.1, 0.15) is 0 Å². The molecule has 1 aliphatic rings. The van der Waals surface area contributed by atoms with Gasteiger partial charge in [-0.25, -0.2) is 0 Å². The summed E-state index contributed by atoms with van der Waals surface area (Å²) in [6.45, 7) is 5.38. The van der Waals surface area contributed by atoms with Crippen molar-refractivity contribution in [1.82, 2.24) is 5.32 Å². The molecular weight excluding hydrogens is 168 g/mol. The standard InChI is InChI=1S/C9H20N2S/c1-9(2,10)7-12-6-8-4-3-5-11-8/h8,11H,3-7,10H2,1-2H3/t8-/m1/s1. The average molecular weight is 188 g/mol. The van der Waals surface area contributed by atoms with E-state index in [0.29, 0.717) is 0 Å². The molecule has 0 aliphatic carbocycles. The molecule has 0 spiro atoms. The molecule has 0 aromatic heterocycles. The van der Waals surface area contributed by atoms with Gasteiger partial charge in [0, 0.05) is 23.1 Å². The Hall–Kier alpha value is 0.270. The molecule has 0 aromatic carbocycles. The van der Waals surface area contributed by atoms with Crippen molar-refractivity contribution in [2.75, 3.05) is 18.1 Å². The van der Waals surface area contributed by atoms with Crippen LogP contribution < -0.4 is 11.1 Å². The van der Waals surface area contributed by atoms with Gasteiger partial charge in [0.25, 0.3) is 0 Å². The first-order valence-corrected chi connectivity index (χ1v) is 5.83. The number of rotatable bonds is 4. The second-order valence-electron chi connectivity index (χ2n) is 4.30. The van der Waals surface area contributed by atoms with Crippen molar-refractivity contribution in [2.45, 2.75) is 38.3 Å². The average Bonchev–Trinajstić information content (AvgIpc) is 2.36. The van der Waals surface area contributed by atoms with Crippen LogP contribution in [-0.4, -0.2) is 29.6 Å². The summed E-state index contributed by atoms with van der Waals surface area (Å²) in [5.74, 6) is 2.28. The minimum absolute atomic E-state index is 0.0106. The SMILES string of the molecule is CC(C)(N)CSC[C@H]1CCCN1. The van der Waals surface area contributed by atoms with E-state index in [2.05, 4.69) is 19.2 Å². The van der Waals surface area contributed by atoms with Crippen LogP contribution in [0.2, 0.25) is 0 Å². The van der Waals surface area contributed by atoms with E-state index in [9.17, 15) is 0 Å². The molecule has 3 heteroatoms. The third kappa shape index (κ3) is 4.33. The molecule has 72 valence electrons. The summed E-state index contributed by atoms with van der Waals surface area (Å²) in [4.78, 5) is 0. The van der Waals surface area contributed by atoms with E-state index in [4.69, 9.17) is 5.73 Å². The van der Waals surface area contributed by atoms with Crippen molar-refractivity contribution in [2.24, 2.45) is 5.73 Å². The largest absolute Gasteiger partial charge is 0.325 e. The zero-order valence-electron chi connectivity index (χ0n) is 8.10. The molecule has 1 heterocycles. The molecule has 12 heavy (non-hydrogen) atoms. The van der Waals surface area contributed by atoms with E-state index in [0.717, 1.165) is 11.8 Å². The third-order valence-electron chi connectivity index (χ3n) is 1.96. The summed E-state index contributed by atoms with van der Waals surface area (Å²) in [6, 6.07) is 0.748. The third-order valence-corrected chi connectivity index (χ3v) is 3.54. The lowest BCUT2D eigenvalue weighted by Crippen LogP contribution is -2.35. The molecule has 2 nitrogen and oxygen atoms in total. The lowest BCUT2D eigenvalue weighted by molar-refractivity contribution is 0.589. The Morgan fingerprint density at radius 3 is 2.83 bits per heavy atom. The van der Waals surface area contributed by atoms with Crippen LogP contribution in [0.3, 0.4) is 0 Å². The molecule has 1 atom stereocenters. The lowest BCUT2D eigenvalue weighted by atomic mass is 10.1. The maximum atomic E-state index is 5.88. The van der Waals surface area contributed by atoms with Gasteiger partial charge in [-0.05, 0) is 33.2 Å². The smallest absolute Gasteiger partial charge is 0.0188 e. The van der Waals surface area contributed by atoms with Gasteiger partial charge >= 0.3 is 0 Å². The van der Waals surface area contributed by atoms with Gasteiger partial charge in [0.05, 0.1) is 0 Å². The van der Waals surface area contributed by atoms with Crippen molar-refractivity contribution < 1.29 is 0 Å². The van der Waals surface area contributed by atoms with Crippen molar-refractivity contribution >= 4 is 11.8 Å². The summed E-state index contributed by atoms with van der Waals surface area (Å²) in [7, 11) is 0. The first-order chi connectivity index (χ1) is 5.58. The summed E-state index contributed by atoms with van der Waals surface area (Å²) in [6.07, 6.45) is 2.69.